The molecule has 2 heterocycles. The van der Waals surface area contributed by atoms with Crippen LogP contribution in [0.5, 0.6) is 5.75 Å². The summed E-state index contributed by atoms with van der Waals surface area (Å²) in [6.45, 7) is 0. The number of halogens is 2. The van der Waals surface area contributed by atoms with Crippen molar-refractivity contribution in [3.05, 3.63) is 84.1 Å². The van der Waals surface area contributed by atoms with Crippen molar-refractivity contribution in [2.75, 3.05) is 23.5 Å². The monoisotopic (exact) mass is 547 g/mol. The second-order valence-electron chi connectivity index (χ2n) is 7.65. The van der Waals surface area contributed by atoms with Crippen LogP contribution in [0.15, 0.2) is 72.0 Å². The maximum atomic E-state index is 14.0. The van der Waals surface area contributed by atoms with Crippen LogP contribution in [0.4, 0.5) is 30.9 Å². The van der Waals surface area contributed by atoms with Gasteiger partial charge in [0.25, 0.3) is 0 Å². The third kappa shape index (κ3) is 6.82. The number of nitriles is 1. The summed E-state index contributed by atoms with van der Waals surface area (Å²) >= 11 is 0.868. The van der Waals surface area contributed by atoms with Crippen molar-refractivity contribution >= 4 is 41.0 Å². The molecule has 3 N–H and O–H groups in total. The van der Waals surface area contributed by atoms with Crippen LogP contribution in [0, 0.1) is 23.0 Å². The zero-order chi connectivity index (χ0) is 27.8. The lowest BCUT2D eigenvalue weighted by Crippen LogP contribution is -2.35. The van der Waals surface area contributed by atoms with E-state index in [1.165, 1.54) is 19.4 Å². The van der Waals surface area contributed by atoms with E-state index in [1.807, 2.05) is 6.07 Å². The van der Waals surface area contributed by atoms with Gasteiger partial charge in [-0.05, 0) is 42.5 Å². The van der Waals surface area contributed by atoms with E-state index in [9.17, 15) is 23.6 Å². The fraction of sp³-hybridized carbons (Fsp3) is 0.0769. The number of nitrogens with zero attached hydrogens (tertiary/aromatic N) is 4. The summed E-state index contributed by atoms with van der Waals surface area (Å²) in [5.74, 6) is -2.35. The number of urea groups is 1. The standard InChI is InChI=1S/C26H19F2N7O3S/c1-38-20-7-3-2-6-19(20)31-24-16(13-29)23(15-9-10-17(27)18(28)12-15)34-26(35-24)39-14-22(36)33-25(37)32-21-8-4-5-11-30-21/h2-12H,14H2,1H3,(H,31,34,35)(H2,30,32,33,36,37). The molecule has 196 valence electrons. The Morgan fingerprint density at radius 3 is 2.56 bits per heavy atom. The number of imide groups is 1. The number of ether oxygens (including phenoxy) is 1. The number of methoxy groups -OCH3 is 1. The highest BCUT2D eigenvalue weighted by atomic mass is 32.2. The molecule has 4 rings (SSSR count). The molecule has 0 atom stereocenters. The van der Waals surface area contributed by atoms with Crippen molar-refractivity contribution in [2.24, 2.45) is 0 Å². The maximum Gasteiger partial charge on any atom is 0.327 e. The number of anilines is 3. The van der Waals surface area contributed by atoms with Gasteiger partial charge in [0.1, 0.15) is 23.2 Å². The lowest BCUT2D eigenvalue weighted by atomic mass is 10.1. The Bertz CT molecular complexity index is 1570. The Morgan fingerprint density at radius 2 is 1.85 bits per heavy atom. The number of thioether (sulfide) groups is 1. The molecule has 2 aromatic heterocycles. The number of benzene rings is 2. The number of rotatable bonds is 8. The molecule has 0 saturated heterocycles. The first kappa shape index (κ1) is 27.0. The van der Waals surface area contributed by atoms with E-state index in [0.717, 1.165) is 23.9 Å². The van der Waals surface area contributed by atoms with Gasteiger partial charge >= 0.3 is 6.03 Å². The highest BCUT2D eigenvalue weighted by molar-refractivity contribution is 7.99. The van der Waals surface area contributed by atoms with E-state index >= 15 is 0 Å². The minimum atomic E-state index is -1.12. The number of hydrogen-bond acceptors (Lipinski definition) is 9. The number of para-hydroxylation sites is 2. The first-order chi connectivity index (χ1) is 18.9. The molecular weight excluding hydrogens is 528 g/mol. The molecule has 0 aliphatic heterocycles. The van der Waals surface area contributed by atoms with Gasteiger partial charge in [-0.3, -0.25) is 15.4 Å². The van der Waals surface area contributed by atoms with E-state index < -0.39 is 23.6 Å². The van der Waals surface area contributed by atoms with Crippen LogP contribution in [-0.4, -0.2) is 39.8 Å². The summed E-state index contributed by atoms with van der Waals surface area (Å²) in [6, 6.07) is 16.1. The number of nitrogens with one attached hydrogen (secondary N) is 3. The fourth-order valence-corrected chi connectivity index (χ4v) is 3.95. The van der Waals surface area contributed by atoms with Crippen molar-refractivity contribution in [3.63, 3.8) is 0 Å². The average Bonchev–Trinajstić information content (AvgIpc) is 2.94. The molecule has 0 unspecified atom stereocenters. The van der Waals surface area contributed by atoms with Gasteiger partial charge in [0.05, 0.1) is 24.2 Å². The Hall–Kier alpha value is -5.09. The molecule has 10 nitrogen and oxygen atoms in total. The highest BCUT2D eigenvalue weighted by Gasteiger charge is 2.20. The summed E-state index contributed by atoms with van der Waals surface area (Å²) in [5.41, 5.74) is 0.568. The fourth-order valence-electron chi connectivity index (χ4n) is 3.31. The minimum Gasteiger partial charge on any atom is -0.495 e. The molecule has 0 bridgehead atoms. The lowest BCUT2D eigenvalue weighted by molar-refractivity contribution is -0.117. The van der Waals surface area contributed by atoms with Crippen molar-refractivity contribution in [3.8, 4) is 23.1 Å². The topological polar surface area (TPSA) is 142 Å². The molecule has 39 heavy (non-hydrogen) atoms. The van der Waals surface area contributed by atoms with Gasteiger partial charge in [-0.25, -0.2) is 28.5 Å². The number of hydrogen-bond donors (Lipinski definition) is 3. The summed E-state index contributed by atoms with van der Waals surface area (Å²) in [4.78, 5) is 37.1. The zero-order valence-corrected chi connectivity index (χ0v) is 21.1. The van der Waals surface area contributed by atoms with E-state index in [1.54, 1.807) is 42.5 Å². The highest BCUT2D eigenvalue weighted by Crippen LogP contribution is 2.33. The summed E-state index contributed by atoms with van der Waals surface area (Å²) in [5, 5.41) is 17.6. The molecule has 13 heteroatoms. The number of carbonyl (C=O) groups is 2. The van der Waals surface area contributed by atoms with Gasteiger partial charge < -0.3 is 10.1 Å². The number of amides is 3. The largest absolute Gasteiger partial charge is 0.495 e. The van der Waals surface area contributed by atoms with Crippen LogP contribution in [0.25, 0.3) is 11.3 Å². The number of aromatic nitrogens is 3. The maximum absolute atomic E-state index is 14.0. The minimum absolute atomic E-state index is 0.0135. The predicted octanol–water partition coefficient (Wildman–Crippen LogP) is 4.88. The molecule has 0 aliphatic carbocycles. The van der Waals surface area contributed by atoms with Gasteiger partial charge in [-0.2, -0.15) is 5.26 Å². The summed E-state index contributed by atoms with van der Waals surface area (Å²) in [7, 11) is 1.47. The molecule has 0 aliphatic rings. The molecule has 0 spiro atoms. The normalized spacial score (nSPS) is 10.3. The average molecular weight is 548 g/mol. The van der Waals surface area contributed by atoms with Gasteiger partial charge in [0.2, 0.25) is 5.91 Å². The Balaban J connectivity index is 1.62. The first-order valence-electron chi connectivity index (χ1n) is 11.2. The predicted molar refractivity (Wildman–Crippen MR) is 140 cm³/mol. The van der Waals surface area contributed by atoms with Crippen molar-refractivity contribution in [1.29, 1.82) is 5.26 Å². The van der Waals surface area contributed by atoms with E-state index in [-0.39, 0.29) is 39.4 Å². The lowest BCUT2D eigenvalue weighted by Gasteiger charge is -2.15. The summed E-state index contributed by atoms with van der Waals surface area (Å²) in [6.07, 6.45) is 1.48. The molecule has 4 aromatic rings. The first-order valence-corrected chi connectivity index (χ1v) is 12.2. The van der Waals surface area contributed by atoms with Crippen molar-refractivity contribution < 1.29 is 23.1 Å². The Morgan fingerprint density at radius 1 is 1.05 bits per heavy atom. The number of carbonyl (C=O) groups excluding carboxylic acids is 2. The molecule has 2 aromatic carbocycles. The van der Waals surface area contributed by atoms with E-state index in [0.29, 0.717) is 11.4 Å². The van der Waals surface area contributed by atoms with Crippen LogP contribution < -0.4 is 20.7 Å². The summed E-state index contributed by atoms with van der Waals surface area (Å²) < 4.78 is 33.0. The van der Waals surface area contributed by atoms with Crippen LogP contribution >= 0.6 is 11.8 Å². The molecule has 0 radical (unpaired) electrons. The van der Waals surface area contributed by atoms with Crippen LogP contribution in [0.3, 0.4) is 0 Å². The van der Waals surface area contributed by atoms with Gasteiger partial charge in [-0.1, -0.05) is 30.0 Å². The quantitative estimate of drug-likeness (QED) is 0.208. The Labute approximate surface area is 225 Å². The zero-order valence-electron chi connectivity index (χ0n) is 20.2. The smallest absolute Gasteiger partial charge is 0.327 e. The molecule has 0 saturated carbocycles. The SMILES string of the molecule is COc1ccccc1Nc1nc(SCC(=O)NC(=O)Nc2ccccn2)nc(-c2ccc(F)c(F)c2)c1C#N. The van der Waals surface area contributed by atoms with Crippen molar-refractivity contribution in [1.82, 2.24) is 20.3 Å². The van der Waals surface area contributed by atoms with Gasteiger partial charge in [0, 0.05) is 11.8 Å². The van der Waals surface area contributed by atoms with Gasteiger partial charge in [0.15, 0.2) is 22.6 Å². The van der Waals surface area contributed by atoms with Crippen LogP contribution in [-0.2, 0) is 4.79 Å². The van der Waals surface area contributed by atoms with E-state index in [4.69, 9.17) is 4.74 Å². The third-order valence-electron chi connectivity index (χ3n) is 5.05. The second kappa shape index (κ2) is 12.4. The van der Waals surface area contributed by atoms with Gasteiger partial charge in [-0.15, -0.1) is 0 Å². The third-order valence-corrected chi connectivity index (χ3v) is 5.89. The molecule has 3 amide bonds. The van der Waals surface area contributed by atoms with Crippen LogP contribution in [0.2, 0.25) is 0 Å². The number of pyridine rings is 1. The van der Waals surface area contributed by atoms with Crippen molar-refractivity contribution in [2.45, 2.75) is 5.16 Å². The Kier molecular flexibility index (Phi) is 8.60. The second-order valence-corrected chi connectivity index (χ2v) is 8.59. The molecule has 0 fully saturated rings. The van der Waals surface area contributed by atoms with E-state index in [2.05, 4.69) is 30.9 Å². The van der Waals surface area contributed by atoms with Crippen LogP contribution in [0.1, 0.15) is 5.56 Å². The molecular formula is C26H19F2N7O3S.